The highest BCUT2D eigenvalue weighted by molar-refractivity contribution is 5.89. The first-order chi connectivity index (χ1) is 8.56. The van der Waals surface area contributed by atoms with Gasteiger partial charge in [0, 0.05) is 6.54 Å². The average Bonchev–Trinajstić information content (AvgIpc) is 2.36. The van der Waals surface area contributed by atoms with Gasteiger partial charge in [-0.25, -0.2) is 9.18 Å². The predicted molar refractivity (Wildman–Crippen MR) is 69.1 cm³/mol. The van der Waals surface area contributed by atoms with Crippen LogP contribution in [0.25, 0.3) is 0 Å². The maximum absolute atomic E-state index is 12.7. The molecule has 0 aliphatic heterocycles. The molecule has 0 aliphatic rings. The van der Waals surface area contributed by atoms with Crippen LogP contribution in [0.1, 0.15) is 31.1 Å². The zero-order valence-electron chi connectivity index (χ0n) is 11.1. The molecule has 1 rings (SSSR count). The van der Waals surface area contributed by atoms with Gasteiger partial charge in [0.25, 0.3) is 0 Å². The molecule has 18 heavy (non-hydrogen) atoms. The van der Waals surface area contributed by atoms with Crippen LogP contribution in [0.3, 0.4) is 0 Å². The third kappa shape index (κ3) is 4.45. The Morgan fingerprint density at radius 3 is 2.33 bits per heavy atom. The zero-order valence-corrected chi connectivity index (χ0v) is 11.1. The number of hydrogen-bond acceptors (Lipinski definition) is 3. The van der Waals surface area contributed by atoms with E-state index in [-0.39, 0.29) is 11.9 Å². The smallest absolute Gasteiger partial charge is 0.338 e. The summed E-state index contributed by atoms with van der Waals surface area (Å²) in [7, 11) is 0. The molecule has 1 aromatic carbocycles. The van der Waals surface area contributed by atoms with Crippen LogP contribution in [0.2, 0.25) is 0 Å². The van der Waals surface area contributed by atoms with Crippen molar-refractivity contribution in [1.82, 2.24) is 4.90 Å². The largest absolute Gasteiger partial charge is 0.458 e. The molecule has 0 spiro atoms. The molecule has 1 aromatic rings. The van der Waals surface area contributed by atoms with Crippen molar-refractivity contribution in [3.63, 3.8) is 0 Å². The van der Waals surface area contributed by atoms with Crippen LogP contribution in [-0.2, 0) is 4.74 Å². The fourth-order valence-corrected chi connectivity index (χ4v) is 1.72. The van der Waals surface area contributed by atoms with Gasteiger partial charge in [0.15, 0.2) is 0 Å². The second-order valence-corrected chi connectivity index (χ2v) is 4.21. The van der Waals surface area contributed by atoms with E-state index < -0.39 is 5.97 Å². The van der Waals surface area contributed by atoms with Crippen LogP contribution >= 0.6 is 0 Å². The molecule has 3 nitrogen and oxygen atoms in total. The molecule has 0 amide bonds. The molecule has 100 valence electrons. The fourth-order valence-electron chi connectivity index (χ4n) is 1.72. The number of carbonyl (C=O) groups is 1. The van der Waals surface area contributed by atoms with Crippen LogP contribution in [0, 0.1) is 5.82 Å². The highest BCUT2D eigenvalue weighted by Crippen LogP contribution is 2.07. The van der Waals surface area contributed by atoms with Crippen LogP contribution < -0.4 is 0 Å². The Balaban J connectivity index is 2.51. The number of rotatable bonds is 6. The van der Waals surface area contributed by atoms with Crippen molar-refractivity contribution in [2.75, 3.05) is 19.6 Å². The van der Waals surface area contributed by atoms with Gasteiger partial charge < -0.3 is 9.64 Å². The summed E-state index contributed by atoms with van der Waals surface area (Å²) in [6.45, 7) is 8.56. The third-order valence-electron chi connectivity index (χ3n) is 2.80. The van der Waals surface area contributed by atoms with E-state index in [1.165, 1.54) is 24.3 Å². The minimum absolute atomic E-state index is 0.178. The molecule has 0 fully saturated rings. The normalized spacial score (nSPS) is 12.5. The number of ether oxygens (including phenoxy) is 1. The van der Waals surface area contributed by atoms with E-state index in [0.717, 1.165) is 13.1 Å². The summed E-state index contributed by atoms with van der Waals surface area (Å²) in [6.07, 6.45) is -0.178. The van der Waals surface area contributed by atoms with E-state index >= 15 is 0 Å². The average molecular weight is 253 g/mol. The molecule has 0 bridgehead atoms. The second-order valence-electron chi connectivity index (χ2n) is 4.21. The van der Waals surface area contributed by atoms with E-state index in [9.17, 15) is 9.18 Å². The van der Waals surface area contributed by atoms with Crippen LogP contribution in [0.4, 0.5) is 4.39 Å². The lowest BCUT2D eigenvalue weighted by molar-refractivity contribution is 0.0260. The molecule has 4 heteroatoms. The van der Waals surface area contributed by atoms with Gasteiger partial charge in [-0.15, -0.1) is 0 Å². The summed E-state index contributed by atoms with van der Waals surface area (Å²) in [5.41, 5.74) is 0.378. The summed E-state index contributed by atoms with van der Waals surface area (Å²) in [4.78, 5) is 13.9. The van der Waals surface area contributed by atoms with E-state index in [1.807, 2.05) is 6.92 Å². The van der Waals surface area contributed by atoms with Gasteiger partial charge in [0.2, 0.25) is 0 Å². The van der Waals surface area contributed by atoms with E-state index in [0.29, 0.717) is 12.1 Å². The standard InChI is InChI=1S/C14H20FNO2/c1-4-16(5-2)10-11(3)18-14(17)12-6-8-13(15)9-7-12/h6-9,11H,4-5,10H2,1-3H3/t11-/m0/s1. The van der Waals surface area contributed by atoms with Crippen molar-refractivity contribution in [2.45, 2.75) is 26.9 Å². The first kappa shape index (κ1) is 14.6. The van der Waals surface area contributed by atoms with Gasteiger partial charge in [-0.1, -0.05) is 13.8 Å². The Kier molecular flexibility index (Phi) is 5.78. The SMILES string of the molecule is CCN(CC)C[C@H](C)OC(=O)c1ccc(F)cc1. The summed E-state index contributed by atoms with van der Waals surface area (Å²) in [5.74, 6) is -0.766. The molecule has 0 saturated heterocycles. The predicted octanol–water partition coefficient (Wildman–Crippen LogP) is 2.71. The lowest BCUT2D eigenvalue weighted by Gasteiger charge is -2.22. The Labute approximate surface area is 108 Å². The minimum Gasteiger partial charge on any atom is -0.458 e. The maximum Gasteiger partial charge on any atom is 0.338 e. The maximum atomic E-state index is 12.7. The van der Waals surface area contributed by atoms with Gasteiger partial charge in [0.1, 0.15) is 11.9 Å². The Bertz CT molecular complexity index is 374. The molecule has 0 saturated carbocycles. The van der Waals surface area contributed by atoms with Gasteiger partial charge in [-0.05, 0) is 44.3 Å². The van der Waals surface area contributed by atoms with Crippen molar-refractivity contribution in [2.24, 2.45) is 0 Å². The molecule has 1 atom stereocenters. The number of halogens is 1. The molecule has 0 N–H and O–H groups in total. The molecule has 0 radical (unpaired) electrons. The van der Waals surface area contributed by atoms with Crippen molar-refractivity contribution in [3.8, 4) is 0 Å². The van der Waals surface area contributed by atoms with E-state index in [2.05, 4.69) is 18.7 Å². The topological polar surface area (TPSA) is 29.5 Å². The van der Waals surface area contributed by atoms with Crippen molar-refractivity contribution in [1.29, 1.82) is 0 Å². The number of likely N-dealkylation sites (N-methyl/N-ethyl adjacent to an activating group) is 1. The zero-order chi connectivity index (χ0) is 13.5. The highest BCUT2D eigenvalue weighted by Gasteiger charge is 2.14. The number of nitrogens with zero attached hydrogens (tertiary/aromatic N) is 1. The molecular weight excluding hydrogens is 233 g/mol. The number of carbonyl (C=O) groups excluding carboxylic acids is 1. The first-order valence-electron chi connectivity index (χ1n) is 6.25. The van der Waals surface area contributed by atoms with Gasteiger partial charge in [-0.3, -0.25) is 0 Å². The van der Waals surface area contributed by atoms with Crippen LogP contribution in [0.15, 0.2) is 24.3 Å². The second kappa shape index (κ2) is 7.11. The summed E-state index contributed by atoms with van der Waals surface area (Å²) in [5, 5.41) is 0. The van der Waals surface area contributed by atoms with Crippen molar-refractivity contribution >= 4 is 5.97 Å². The van der Waals surface area contributed by atoms with Crippen molar-refractivity contribution < 1.29 is 13.9 Å². The summed E-state index contributed by atoms with van der Waals surface area (Å²) < 4.78 is 18.0. The molecule has 0 heterocycles. The van der Waals surface area contributed by atoms with Gasteiger partial charge in [0.05, 0.1) is 5.56 Å². The van der Waals surface area contributed by atoms with Gasteiger partial charge >= 0.3 is 5.97 Å². The first-order valence-corrected chi connectivity index (χ1v) is 6.25. The lowest BCUT2D eigenvalue weighted by Crippen LogP contribution is -2.33. The van der Waals surface area contributed by atoms with E-state index in [4.69, 9.17) is 4.74 Å². The highest BCUT2D eigenvalue weighted by atomic mass is 19.1. The fraction of sp³-hybridized carbons (Fsp3) is 0.500. The summed E-state index contributed by atoms with van der Waals surface area (Å²) >= 11 is 0. The van der Waals surface area contributed by atoms with Crippen molar-refractivity contribution in [3.05, 3.63) is 35.6 Å². The molecule has 0 aliphatic carbocycles. The molecule has 0 aromatic heterocycles. The quantitative estimate of drug-likeness (QED) is 0.730. The van der Waals surface area contributed by atoms with Crippen LogP contribution in [-0.4, -0.2) is 36.6 Å². The summed E-state index contributed by atoms with van der Waals surface area (Å²) in [6, 6.07) is 5.38. The minimum atomic E-state index is -0.408. The Morgan fingerprint density at radius 1 is 1.28 bits per heavy atom. The Morgan fingerprint density at radius 2 is 1.83 bits per heavy atom. The molecule has 0 unspecified atom stereocenters. The number of esters is 1. The molecular formula is C14H20FNO2. The lowest BCUT2D eigenvalue weighted by atomic mass is 10.2. The monoisotopic (exact) mass is 253 g/mol. The Hall–Kier alpha value is -1.42. The third-order valence-corrected chi connectivity index (χ3v) is 2.80. The number of benzene rings is 1. The van der Waals surface area contributed by atoms with E-state index in [1.54, 1.807) is 0 Å². The van der Waals surface area contributed by atoms with Gasteiger partial charge in [-0.2, -0.15) is 0 Å². The van der Waals surface area contributed by atoms with Crippen LogP contribution in [0.5, 0.6) is 0 Å². The number of hydrogen-bond donors (Lipinski definition) is 0.